The Labute approximate surface area is 112 Å². The van der Waals surface area contributed by atoms with Gasteiger partial charge in [0.25, 0.3) is 0 Å². The number of anilines is 1. The number of halogens is 1. The van der Waals surface area contributed by atoms with E-state index >= 15 is 0 Å². The molecule has 0 saturated heterocycles. The van der Waals surface area contributed by atoms with E-state index in [0.29, 0.717) is 10.8 Å². The minimum Gasteiger partial charge on any atom is -0.495 e. The Bertz CT molecular complexity index is 596. The van der Waals surface area contributed by atoms with Gasteiger partial charge in [-0.2, -0.15) is 0 Å². The zero-order chi connectivity index (χ0) is 13.3. The van der Waals surface area contributed by atoms with Crippen LogP contribution in [-0.4, -0.2) is 19.1 Å². The average molecular weight is 265 g/mol. The molecule has 1 aromatic heterocycles. The first-order chi connectivity index (χ1) is 8.62. The van der Waals surface area contributed by atoms with Crippen LogP contribution in [0.15, 0.2) is 12.1 Å². The zero-order valence-corrected chi connectivity index (χ0v) is 11.9. The van der Waals surface area contributed by atoms with Crippen molar-refractivity contribution in [3.63, 3.8) is 0 Å². The van der Waals surface area contributed by atoms with E-state index in [-0.39, 0.29) is 0 Å². The Kier molecular flexibility index (Phi) is 3.62. The van der Waals surface area contributed by atoms with Crippen LogP contribution < -0.4 is 10.1 Å². The summed E-state index contributed by atoms with van der Waals surface area (Å²) in [6.45, 7) is 4.15. The van der Waals surface area contributed by atoms with Gasteiger partial charge in [-0.3, -0.25) is 4.98 Å². The second kappa shape index (κ2) is 5.02. The molecule has 96 valence electrons. The number of nitrogens with one attached hydrogen (secondary N) is 1. The first-order valence-corrected chi connectivity index (χ1v) is 6.34. The van der Waals surface area contributed by atoms with Gasteiger partial charge >= 0.3 is 0 Å². The van der Waals surface area contributed by atoms with Gasteiger partial charge in [0, 0.05) is 29.9 Å². The molecule has 0 bridgehead atoms. The van der Waals surface area contributed by atoms with Crippen molar-refractivity contribution >= 4 is 28.2 Å². The molecule has 4 heteroatoms. The van der Waals surface area contributed by atoms with Crippen LogP contribution in [0.4, 0.5) is 5.69 Å². The summed E-state index contributed by atoms with van der Waals surface area (Å²) in [5, 5.41) is 4.89. The van der Waals surface area contributed by atoms with Gasteiger partial charge < -0.3 is 10.1 Å². The molecule has 2 rings (SSSR count). The number of fused-ring (bicyclic) bond motifs is 1. The van der Waals surface area contributed by atoms with E-state index in [4.69, 9.17) is 16.3 Å². The van der Waals surface area contributed by atoms with Crippen LogP contribution in [0.1, 0.15) is 18.2 Å². The molecule has 0 aliphatic heterocycles. The predicted octanol–water partition coefficient (Wildman–Crippen LogP) is 3.81. The van der Waals surface area contributed by atoms with Crippen molar-refractivity contribution in [3.8, 4) is 5.75 Å². The van der Waals surface area contributed by atoms with Crippen molar-refractivity contribution in [1.29, 1.82) is 0 Å². The van der Waals surface area contributed by atoms with Crippen LogP contribution in [-0.2, 0) is 6.42 Å². The first kappa shape index (κ1) is 13.0. The van der Waals surface area contributed by atoms with Crippen molar-refractivity contribution < 1.29 is 4.74 Å². The van der Waals surface area contributed by atoms with Gasteiger partial charge in [-0.15, -0.1) is 0 Å². The third-order valence-electron chi connectivity index (χ3n) is 3.17. The summed E-state index contributed by atoms with van der Waals surface area (Å²) >= 11 is 6.19. The monoisotopic (exact) mass is 264 g/mol. The molecule has 3 nitrogen and oxygen atoms in total. The van der Waals surface area contributed by atoms with Crippen LogP contribution in [0.2, 0.25) is 5.02 Å². The predicted molar refractivity (Wildman–Crippen MR) is 77.0 cm³/mol. The summed E-state index contributed by atoms with van der Waals surface area (Å²) in [4.78, 5) is 4.63. The highest BCUT2D eigenvalue weighted by Gasteiger charge is 2.13. The summed E-state index contributed by atoms with van der Waals surface area (Å²) in [7, 11) is 3.53. The number of hydrogen-bond donors (Lipinski definition) is 1. The molecule has 0 radical (unpaired) electrons. The van der Waals surface area contributed by atoms with E-state index in [1.54, 1.807) is 7.11 Å². The molecule has 0 unspecified atom stereocenters. The molecular formula is C14H17ClN2O. The maximum absolute atomic E-state index is 6.19. The van der Waals surface area contributed by atoms with Crippen molar-refractivity contribution in [3.05, 3.63) is 28.4 Å². The van der Waals surface area contributed by atoms with E-state index < -0.39 is 0 Å². The van der Waals surface area contributed by atoms with E-state index in [0.717, 1.165) is 28.7 Å². The van der Waals surface area contributed by atoms with Crippen LogP contribution >= 0.6 is 11.6 Å². The number of aromatic nitrogens is 1. The second-order valence-electron chi connectivity index (χ2n) is 4.16. The van der Waals surface area contributed by atoms with Crippen LogP contribution in [0.25, 0.3) is 10.9 Å². The Morgan fingerprint density at radius 2 is 2.11 bits per heavy atom. The molecule has 0 aliphatic carbocycles. The van der Waals surface area contributed by atoms with Gasteiger partial charge in [0.05, 0.1) is 17.6 Å². The van der Waals surface area contributed by atoms with Gasteiger partial charge in [-0.25, -0.2) is 0 Å². The number of nitrogens with zero attached hydrogens (tertiary/aromatic N) is 1. The molecule has 1 N–H and O–H groups in total. The standard InChI is InChI=1S/C14H17ClN2O/c1-5-9-8(2)17-12-7-13(18-4)11(15)6-10(12)14(9)16-3/h6-7H,5H2,1-4H3,(H,16,17). The van der Waals surface area contributed by atoms with E-state index in [1.807, 2.05) is 26.1 Å². The number of methoxy groups -OCH3 is 1. The fourth-order valence-electron chi connectivity index (χ4n) is 2.30. The van der Waals surface area contributed by atoms with Crippen LogP contribution in [0, 0.1) is 6.92 Å². The highest BCUT2D eigenvalue weighted by atomic mass is 35.5. The summed E-state index contributed by atoms with van der Waals surface area (Å²) in [5.41, 5.74) is 4.27. The Morgan fingerprint density at radius 1 is 1.39 bits per heavy atom. The zero-order valence-electron chi connectivity index (χ0n) is 11.1. The lowest BCUT2D eigenvalue weighted by Gasteiger charge is -2.15. The molecule has 1 heterocycles. The maximum atomic E-state index is 6.19. The topological polar surface area (TPSA) is 34.1 Å². The smallest absolute Gasteiger partial charge is 0.139 e. The average Bonchev–Trinajstić information content (AvgIpc) is 2.37. The summed E-state index contributed by atoms with van der Waals surface area (Å²) in [6, 6.07) is 3.79. The lowest BCUT2D eigenvalue weighted by Crippen LogP contribution is -2.01. The number of rotatable bonds is 3. The van der Waals surface area contributed by atoms with Gasteiger partial charge in [-0.05, 0) is 25.0 Å². The lowest BCUT2D eigenvalue weighted by atomic mass is 10.0. The fraction of sp³-hybridized carbons (Fsp3) is 0.357. The molecule has 0 saturated carbocycles. The van der Waals surface area contributed by atoms with E-state index in [1.165, 1.54) is 5.56 Å². The number of benzene rings is 1. The maximum Gasteiger partial charge on any atom is 0.139 e. The first-order valence-electron chi connectivity index (χ1n) is 5.96. The molecule has 0 atom stereocenters. The number of pyridine rings is 1. The van der Waals surface area contributed by atoms with Crippen molar-refractivity contribution in [2.75, 3.05) is 19.5 Å². The molecule has 18 heavy (non-hydrogen) atoms. The molecule has 0 fully saturated rings. The highest BCUT2D eigenvalue weighted by molar-refractivity contribution is 6.33. The third-order valence-corrected chi connectivity index (χ3v) is 3.47. The van der Waals surface area contributed by atoms with E-state index in [9.17, 15) is 0 Å². The second-order valence-corrected chi connectivity index (χ2v) is 4.57. The molecular weight excluding hydrogens is 248 g/mol. The molecule has 0 amide bonds. The van der Waals surface area contributed by atoms with Crippen LogP contribution in [0.3, 0.4) is 0 Å². The number of ether oxygens (including phenoxy) is 1. The Hall–Kier alpha value is -1.48. The highest BCUT2D eigenvalue weighted by Crippen LogP contribution is 2.35. The quantitative estimate of drug-likeness (QED) is 0.915. The van der Waals surface area contributed by atoms with Crippen molar-refractivity contribution in [2.24, 2.45) is 0 Å². The summed E-state index contributed by atoms with van der Waals surface area (Å²) in [6.07, 6.45) is 0.939. The third kappa shape index (κ3) is 1.99. The Balaban J connectivity index is 2.84. The van der Waals surface area contributed by atoms with Crippen molar-refractivity contribution in [2.45, 2.75) is 20.3 Å². The molecule has 2 aromatic rings. The van der Waals surface area contributed by atoms with Gasteiger partial charge in [0.1, 0.15) is 5.75 Å². The molecule has 0 aliphatic rings. The summed E-state index contributed by atoms with van der Waals surface area (Å²) in [5.74, 6) is 0.655. The van der Waals surface area contributed by atoms with E-state index in [2.05, 4.69) is 17.2 Å². The minimum atomic E-state index is 0.606. The van der Waals surface area contributed by atoms with Gasteiger partial charge in [-0.1, -0.05) is 18.5 Å². The number of hydrogen-bond acceptors (Lipinski definition) is 3. The minimum absolute atomic E-state index is 0.606. The van der Waals surface area contributed by atoms with Gasteiger partial charge in [0.15, 0.2) is 0 Å². The van der Waals surface area contributed by atoms with Crippen molar-refractivity contribution in [1.82, 2.24) is 4.98 Å². The fourth-order valence-corrected chi connectivity index (χ4v) is 2.54. The Morgan fingerprint density at radius 3 is 2.67 bits per heavy atom. The SMILES string of the molecule is CCc1c(C)nc2cc(OC)c(Cl)cc2c1NC. The largest absolute Gasteiger partial charge is 0.495 e. The number of aryl methyl sites for hydroxylation is 1. The van der Waals surface area contributed by atoms with Gasteiger partial charge in [0.2, 0.25) is 0 Å². The molecule has 0 spiro atoms. The summed E-state index contributed by atoms with van der Waals surface area (Å²) < 4.78 is 5.23. The normalized spacial score (nSPS) is 10.7. The van der Waals surface area contributed by atoms with Crippen LogP contribution in [0.5, 0.6) is 5.75 Å². The molecule has 1 aromatic carbocycles. The lowest BCUT2D eigenvalue weighted by molar-refractivity contribution is 0.415.